The predicted octanol–water partition coefficient (Wildman–Crippen LogP) is 2.54. The van der Waals surface area contributed by atoms with Crippen molar-refractivity contribution >= 4 is 48.9 Å². The van der Waals surface area contributed by atoms with Crippen LogP contribution in [-0.4, -0.2) is 27.7 Å². The topological polar surface area (TPSA) is 136 Å². The lowest BCUT2D eigenvalue weighted by Gasteiger charge is -2.09. The second kappa shape index (κ2) is 7.84. The molecule has 1 heterocycles. The zero-order valence-electron chi connectivity index (χ0n) is 14.8. The maximum Gasteiger partial charge on any atom is 0.277 e. The van der Waals surface area contributed by atoms with E-state index < -0.39 is 35.7 Å². The first kappa shape index (κ1) is 21.4. The van der Waals surface area contributed by atoms with Crippen molar-refractivity contribution in [1.82, 2.24) is 9.71 Å². The van der Waals surface area contributed by atoms with Gasteiger partial charge >= 0.3 is 0 Å². The van der Waals surface area contributed by atoms with Crippen molar-refractivity contribution in [2.24, 2.45) is 5.14 Å². The molecule has 0 saturated carbocycles. The second-order valence-electron chi connectivity index (χ2n) is 5.87. The Hall–Kier alpha value is -2.31. The molecule has 0 bridgehead atoms. The number of carbonyl (C=O) groups is 1. The number of carbonyl (C=O) groups excluding carboxylic acids is 1. The number of thiazole rings is 1. The normalized spacial score (nSPS) is 12.0. The molecule has 2 aromatic carbocycles. The number of nitrogens with one attached hydrogen (secondary N) is 1. The number of aromatic nitrogens is 1. The van der Waals surface area contributed by atoms with Gasteiger partial charge < -0.3 is 0 Å². The first-order valence-electron chi connectivity index (χ1n) is 7.91. The summed E-state index contributed by atoms with van der Waals surface area (Å²) in [6.07, 6.45) is 0. The first-order valence-corrected chi connectivity index (χ1v) is 12.1. The largest absolute Gasteiger partial charge is 0.277 e. The van der Waals surface area contributed by atoms with Crippen molar-refractivity contribution in [3.8, 4) is 10.6 Å². The predicted molar refractivity (Wildman–Crippen MR) is 110 cm³/mol. The van der Waals surface area contributed by atoms with Crippen molar-refractivity contribution in [3.63, 3.8) is 0 Å². The van der Waals surface area contributed by atoms with Crippen molar-refractivity contribution in [3.05, 3.63) is 64.1 Å². The van der Waals surface area contributed by atoms with E-state index in [2.05, 4.69) is 4.98 Å². The maximum atomic E-state index is 12.6. The minimum absolute atomic E-state index is 0.0756. The lowest BCUT2D eigenvalue weighted by atomic mass is 10.2. The molecule has 0 spiro atoms. The quantitative estimate of drug-likeness (QED) is 0.586. The standard InChI is InChI=1S/C17H14ClN3O5S3/c1-10-15(27-17(20-10)11-6-8-12(18)9-7-11)16(22)21-29(25,26)14-5-3-2-4-13(14)28(19,23)24/h2-9H,1H3,(H,21,22)(H2,19,23,24). The molecule has 0 radical (unpaired) electrons. The number of rotatable bonds is 5. The molecule has 152 valence electrons. The Kier molecular flexibility index (Phi) is 5.79. The Morgan fingerprint density at radius 1 is 1.03 bits per heavy atom. The van der Waals surface area contributed by atoms with E-state index >= 15 is 0 Å². The minimum atomic E-state index is -4.50. The number of aryl methyl sites for hydroxylation is 1. The molecular weight excluding hydrogens is 458 g/mol. The molecule has 0 aliphatic heterocycles. The van der Waals surface area contributed by atoms with E-state index in [0.717, 1.165) is 23.5 Å². The third-order valence-electron chi connectivity index (χ3n) is 3.77. The van der Waals surface area contributed by atoms with Gasteiger partial charge in [-0.05, 0) is 31.2 Å². The molecule has 3 rings (SSSR count). The smallest absolute Gasteiger partial charge is 0.267 e. The fourth-order valence-electron chi connectivity index (χ4n) is 2.45. The molecule has 0 aliphatic carbocycles. The number of halogens is 1. The number of sulfonamides is 2. The molecule has 12 heteroatoms. The molecule has 0 saturated heterocycles. The molecule has 29 heavy (non-hydrogen) atoms. The SMILES string of the molecule is Cc1nc(-c2ccc(Cl)cc2)sc1C(=O)NS(=O)(=O)c1ccccc1S(N)(=O)=O. The highest BCUT2D eigenvalue weighted by Crippen LogP contribution is 2.29. The summed E-state index contributed by atoms with van der Waals surface area (Å²) in [5.41, 5.74) is 1.04. The van der Waals surface area contributed by atoms with Gasteiger partial charge in [-0.15, -0.1) is 11.3 Å². The maximum absolute atomic E-state index is 12.6. The van der Waals surface area contributed by atoms with Gasteiger partial charge in [0, 0.05) is 10.6 Å². The molecule has 1 amide bonds. The highest BCUT2D eigenvalue weighted by Gasteiger charge is 2.27. The van der Waals surface area contributed by atoms with Crippen molar-refractivity contribution in [2.75, 3.05) is 0 Å². The van der Waals surface area contributed by atoms with E-state index in [1.807, 2.05) is 4.72 Å². The lowest BCUT2D eigenvalue weighted by Crippen LogP contribution is -2.32. The van der Waals surface area contributed by atoms with Gasteiger partial charge in [0.15, 0.2) is 0 Å². The summed E-state index contributed by atoms with van der Waals surface area (Å²) in [6.45, 7) is 1.57. The number of amides is 1. The van der Waals surface area contributed by atoms with Gasteiger partial charge in [-0.3, -0.25) is 4.79 Å². The number of benzene rings is 2. The van der Waals surface area contributed by atoms with E-state index in [1.54, 1.807) is 31.2 Å². The summed E-state index contributed by atoms with van der Waals surface area (Å²) in [4.78, 5) is 15.7. The van der Waals surface area contributed by atoms with Gasteiger partial charge in [-0.1, -0.05) is 35.9 Å². The molecule has 8 nitrogen and oxygen atoms in total. The Morgan fingerprint density at radius 2 is 1.62 bits per heavy atom. The molecule has 3 N–H and O–H groups in total. The molecule has 0 fully saturated rings. The van der Waals surface area contributed by atoms with Crippen molar-refractivity contribution < 1.29 is 21.6 Å². The number of hydrogen-bond donors (Lipinski definition) is 2. The van der Waals surface area contributed by atoms with Crippen LogP contribution >= 0.6 is 22.9 Å². The summed E-state index contributed by atoms with van der Waals surface area (Å²) < 4.78 is 50.5. The summed E-state index contributed by atoms with van der Waals surface area (Å²) in [5.74, 6) is -0.926. The monoisotopic (exact) mass is 471 g/mol. The van der Waals surface area contributed by atoms with Gasteiger partial charge in [-0.25, -0.2) is 31.7 Å². The number of primary sulfonamides is 1. The van der Waals surface area contributed by atoms with Gasteiger partial charge in [0.1, 0.15) is 19.7 Å². The lowest BCUT2D eigenvalue weighted by molar-refractivity contribution is 0.0984. The number of hydrogen-bond acceptors (Lipinski definition) is 7. The highest BCUT2D eigenvalue weighted by atomic mass is 35.5. The van der Waals surface area contributed by atoms with Crippen LogP contribution in [0.4, 0.5) is 0 Å². The van der Waals surface area contributed by atoms with Gasteiger partial charge in [0.05, 0.1) is 5.69 Å². The zero-order valence-corrected chi connectivity index (χ0v) is 18.0. The molecular formula is C17H14ClN3O5S3. The average Bonchev–Trinajstić information content (AvgIpc) is 3.03. The number of nitrogens with two attached hydrogens (primary N) is 1. The molecule has 0 atom stereocenters. The van der Waals surface area contributed by atoms with E-state index in [4.69, 9.17) is 16.7 Å². The van der Waals surface area contributed by atoms with Crippen LogP contribution in [0.3, 0.4) is 0 Å². The zero-order chi connectivity index (χ0) is 21.4. The first-order chi connectivity index (χ1) is 13.5. The van der Waals surface area contributed by atoms with Gasteiger partial charge in [-0.2, -0.15) is 0 Å². The second-order valence-corrected chi connectivity index (χ2v) is 10.5. The van der Waals surface area contributed by atoms with Crippen molar-refractivity contribution in [2.45, 2.75) is 16.7 Å². The van der Waals surface area contributed by atoms with E-state index in [9.17, 15) is 21.6 Å². The molecule has 3 aromatic rings. The molecule has 0 aliphatic rings. The summed E-state index contributed by atoms with van der Waals surface area (Å²) in [5, 5.41) is 6.12. The molecule has 0 unspecified atom stereocenters. The van der Waals surface area contributed by atoms with Crippen LogP contribution in [0.1, 0.15) is 15.4 Å². The van der Waals surface area contributed by atoms with Gasteiger partial charge in [0.2, 0.25) is 10.0 Å². The third kappa shape index (κ3) is 4.65. The fraction of sp³-hybridized carbons (Fsp3) is 0.0588. The minimum Gasteiger partial charge on any atom is -0.267 e. The Balaban J connectivity index is 1.94. The Bertz CT molecular complexity index is 1300. The van der Waals surface area contributed by atoms with Crippen LogP contribution in [0.2, 0.25) is 5.02 Å². The van der Waals surface area contributed by atoms with Crippen molar-refractivity contribution in [1.29, 1.82) is 0 Å². The average molecular weight is 472 g/mol. The van der Waals surface area contributed by atoms with Crippen LogP contribution < -0.4 is 9.86 Å². The van der Waals surface area contributed by atoms with Gasteiger partial charge in [0.25, 0.3) is 15.9 Å². The Morgan fingerprint density at radius 3 is 2.21 bits per heavy atom. The highest BCUT2D eigenvalue weighted by molar-refractivity contribution is 7.92. The van der Waals surface area contributed by atoms with E-state index in [1.165, 1.54) is 12.1 Å². The molecule has 1 aromatic heterocycles. The van der Waals surface area contributed by atoms with Crippen LogP contribution in [0.25, 0.3) is 10.6 Å². The Labute approximate surface area is 176 Å². The van der Waals surface area contributed by atoms with E-state index in [-0.39, 0.29) is 4.88 Å². The fourth-order valence-corrected chi connectivity index (χ4v) is 5.95. The summed E-state index contributed by atoms with van der Waals surface area (Å²) in [6, 6.07) is 11.5. The van der Waals surface area contributed by atoms with E-state index in [0.29, 0.717) is 21.3 Å². The third-order valence-corrected chi connectivity index (χ3v) is 7.71. The summed E-state index contributed by atoms with van der Waals surface area (Å²) in [7, 11) is -8.81. The van der Waals surface area contributed by atoms with Crippen LogP contribution in [-0.2, 0) is 20.0 Å². The van der Waals surface area contributed by atoms with Crippen LogP contribution in [0.5, 0.6) is 0 Å². The van der Waals surface area contributed by atoms with Crippen LogP contribution in [0, 0.1) is 6.92 Å². The number of nitrogens with zero attached hydrogens (tertiary/aromatic N) is 1. The summed E-state index contributed by atoms with van der Waals surface area (Å²) >= 11 is 6.86. The van der Waals surface area contributed by atoms with Crippen LogP contribution in [0.15, 0.2) is 58.3 Å².